The van der Waals surface area contributed by atoms with Gasteiger partial charge in [-0.15, -0.1) is 0 Å². The fourth-order valence-electron chi connectivity index (χ4n) is 5.81. The average molecular weight is 538 g/mol. The van der Waals surface area contributed by atoms with Gasteiger partial charge in [0.05, 0.1) is 6.61 Å². The number of hydrogen-bond donors (Lipinski definition) is 1. The van der Waals surface area contributed by atoms with Gasteiger partial charge in [-0.1, -0.05) is 72.7 Å². The first kappa shape index (κ1) is 31.0. The van der Waals surface area contributed by atoms with E-state index in [1.807, 2.05) is 24.0 Å². The Morgan fingerprint density at radius 1 is 0.923 bits per heavy atom. The molecule has 1 fully saturated rings. The molecule has 0 bridgehead atoms. The molecule has 0 aliphatic carbocycles. The number of nitrogens with zero attached hydrogens (tertiary/aromatic N) is 1. The molecule has 5 heteroatoms. The lowest BCUT2D eigenvalue weighted by Gasteiger charge is -2.43. The Bertz CT molecular complexity index is 1040. The number of benzene rings is 2. The molecule has 0 radical (unpaired) electrons. The Morgan fingerprint density at radius 3 is 2.10 bits per heavy atom. The first-order chi connectivity index (χ1) is 18.3. The van der Waals surface area contributed by atoms with Crippen LogP contribution in [0.15, 0.2) is 48.5 Å². The summed E-state index contributed by atoms with van der Waals surface area (Å²) in [7, 11) is 0. The molecule has 1 aliphatic heterocycles. The van der Waals surface area contributed by atoms with Gasteiger partial charge < -0.3 is 19.5 Å². The maximum atomic E-state index is 11.8. The van der Waals surface area contributed by atoms with Crippen LogP contribution in [0, 0.1) is 16.7 Å². The molecule has 0 spiro atoms. The molecule has 4 unspecified atom stereocenters. The van der Waals surface area contributed by atoms with Crippen LogP contribution < -0.4 is 4.74 Å². The lowest BCUT2D eigenvalue weighted by Crippen LogP contribution is -2.33. The number of rotatable bonds is 13. The fraction of sp³-hybridized carbons (Fsp3) is 0.618. The largest absolute Gasteiger partial charge is 0.508 e. The number of amides is 1. The van der Waals surface area contributed by atoms with E-state index in [9.17, 15) is 9.90 Å². The highest BCUT2D eigenvalue weighted by atomic mass is 16.7. The van der Waals surface area contributed by atoms with Crippen molar-refractivity contribution in [3.05, 3.63) is 59.7 Å². The predicted octanol–water partition coefficient (Wildman–Crippen LogP) is 8.13. The van der Waals surface area contributed by atoms with Gasteiger partial charge in [0.15, 0.2) is 6.29 Å². The van der Waals surface area contributed by atoms with Gasteiger partial charge in [-0.25, -0.2) is 0 Å². The Labute approximate surface area is 236 Å². The minimum absolute atomic E-state index is 0.0737. The molecule has 1 heterocycles. The number of hydrogen-bond acceptors (Lipinski definition) is 4. The molecule has 1 aliphatic rings. The van der Waals surface area contributed by atoms with E-state index in [0.717, 1.165) is 31.6 Å². The van der Waals surface area contributed by atoms with E-state index in [1.165, 1.54) is 11.1 Å². The zero-order chi connectivity index (χ0) is 28.8. The first-order valence-electron chi connectivity index (χ1n) is 14.7. The third-order valence-corrected chi connectivity index (χ3v) is 8.62. The molecule has 2 aromatic carbocycles. The third-order valence-electron chi connectivity index (χ3n) is 8.62. The number of carbonyl (C=O) groups excluding carboxylic acids is 1. The Balaban J connectivity index is 1.65. The molecule has 5 nitrogen and oxygen atoms in total. The van der Waals surface area contributed by atoms with Gasteiger partial charge in [0, 0.05) is 19.5 Å². The lowest BCUT2D eigenvalue weighted by atomic mass is 9.61. The van der Waals surface area contributed by atoms with Crippen LogP contribution in [0.3, 0.4) is 0 Å². The minimum Gasteiger partial charge on any atom is -0.508 e. The first-order valence-corrected chi connectivity index (χ1v) is 14.7. The quantitative estimate of drug-likeness (QED) is 0.262. The number of ether oxygens (including phenoxy) is 2. The molecular formula is C34H51NO4. The summed E-state index contributed by atoms with van der Waals surface area (Å²) in [6.45, 7) is 20.3. The molecule has 1 N–H and O–H groups in total. The van der Waals surface area contributed by atoms with Crippen molar-refractivity contribution in [3.63, 3.8) is 0 Å². The predicted molar refractivity (Wildman–Crippen MR) is 159 cm³/mol. The van der Waals surface area contributed by atoms with Gasteiger partial charge in [-0.3, -0.25) is 4.79 Å². The SMILES string of the molecule is CC(OCCN1CCCC1=O)Oc1ccc(C(CC(C)(C)C)C(C)(C)C(C)CC(C)c2ccc(O)cc2)cc1. The highest BCUT2D eigenvalue weighted by Gasteiger charge is 2.38. The van der Waals surface area contributed by atoms with Crippen molar-refractivity contribution < 1.29 is 19.4 Å². The summed E-state index contributed by atoms with van der Waals surface area (Å²) in [5.74, 6) is 2.62. The molecule has 3 rings (SSSR count). The van der Waals surface area contributed by atoms with E-state index in [0.29, 0.717) is 43.1 Å². The van der Waals surface area contributed by atoms with Gasteiger partial charge >= 0.3 is 0 Å². The zero-order valence-electron chi connectivity index (χ0n) is 25.5. The van der Waals surface area contributed by atoms with Gasteiger partial charge in [-0.05, 0) is 90.2 Å². The standard InChI is InChI=1S/C34H51NO4/c1-24(27-11-15-29(36)16-12-27)22-25(2)34(7,8)31(23-33(4,5)6)28-13-17-30(18-14-28)39-26(3)38-21-20-35-19-9-10-32(35)37/h11-18,24-26,31,36H,9-10,19-23H2,1-8H3. The lowest BCUT2D eigenvalue weighted by molar-refractivity contribution is -0.130. The normalized spacial score (nSPS) is 17.6. The van der Waals surface area contributed by atoms with Crippen LogP contribution in [0.2, 0.25) is 0 Å². The number of likely N-dealkylation sites (tertiary alicyclic amines) is 1. The topological polar surface area (TPSA) is 59.0 Å². The second-order valence-corrected chi connectivity index (χ2v) is 13.4. The Hall–Kier alpha value is -2.53. The molecule has 1 saturated heterocycles. The highest BCUT2D eigenvalue weighted by Crippen LogP contribution is 2.50. The summed E-state index contributed by atoms with van der Waals surface area (Å²) in [5.41, 5.74) is 2.88. The summed E-state index contributed by atoms with van der Waals surface area (Å²) >= 11 is 0. The minimum atomic E-state index is -0.378. The van der Waals surface area contributed by atoms with E-state index in [2.05, 4.69) is 72.7 Å². The van der Waals surface area contributed by atoms with E-state index in [4.69, 9.17) is 9.47 Å². The number of aromatic hydroxyl groups is 1. The Morgan fingerprint density at radius 2 is 1.54 bits per heavy atom. The van der Waals surface area contributed by atoms with Crippen molar-refractivity contribution >= 4 is 5.91 Å². The average Bonchev–Trinajstić information content (AvgIpc) is 3.27. The maximum absolute atomic E-state index is 11.8. The van der Waals surface area contributed by atoms with Crippen LogP contribution in [0.5, 0.6) is 11.5 Å². The van der Waals surface area contributed by atoms with Crippen LogP contribution in [0.25, 0.3) is 0 Å². The van der Waals surface area contributed by atoms with Crippen LogP contribution in [0.1, 0.15) is 104 Å². The van der Waals surface area contributed by atoms with Crippen LogP contribution in [-0.4, -0.2) is 41.9 Å². The van der Waals surface area contributed by atoms with Crippen molar-refractivity contribution in [2.45, 2.75) is 99.2 Å². The maximum Gasteiger partial charge on any atom is 0.222 e. The van der Waals surface area contributed by atoms with Crippen molar-refractivity contribution in [2.24, 2.45) is 16.7 Å². The van der Waals surface area contributed by atoms with Crippen LogP contribution in [-0.2, 0) is 9.53 Å². The van der Waals surface area contributed by atoms with Gasteiger partial charge in [0.25, 0.3) is 0 Å². The summed E-state index contributed by atoms with van der Waals surface area (Å²) in [5, 5.41) is 9.68. The van der Waals surface area contributed by atoms with Crippen LogP contribution >= 0.6 is 0 Å². The summed E-state index contributed by atoms with van der Waals surface area (Å²) in [6.07, 6.45) is 3.39. The van der Waals surface area contributed by atoms with E-state index >= 15 is 0 Å². The molecule has 0 saturated carbocycles. The summed E-state index contributed by atoms with van der Waals surface area (Å²) in [6, 6.07) is 16.2. The summed E-state index contributed by atoms with van der Waals surface area (Å²) < 4.78 is 11.9. The molecule has 216 valence electrons. The van der Waals surface area contributed by atoms with Crippen molar-refractivity contribution in [1.82, 2.24) is 4.90 Å². The van der Waals surface area contributed by atoms with Crippen molar-refractivity contribution in [1.29, 1.82) is 0 Å². The van der Waals surface area contributed by atoms with Crippen molar-refractivity contribution in [3.8, 4) is 11.5 Å². The second-order valence-electron chi connectivity index (χ2n) is 13.4. The zero-order valence-corrected chi connectivity index (χ0v) is 25.5. The van der Waals surface area contributed by atoms with Gasteiger partial charge in [0.2, 0.25) is 5.91 Å². The number of phenols is 1. The number of carbonyl (C=O) groups is 1. The van der Waals surface area contributed by atoms with Crippen LogP contribution in [0.4, 0.5) is 0 Å². The van der Waals surface area contributed by atoms with Gasteiger partial charge in [0.1, 0.15) is 11.5 Å². The van der Waals surface area contributed by atoms with E-state index in [-0.39, 0.29) is 23.0 Å². The molecule has 2 aromatic rings. The summed E-state index contributed by atoms with van der Waals surface area (Å²) in [4.78, 5) is 13.7. The smallest absolute Gasteiger partial charge is 0.222 e. The second kappa shape index (κ2) is 13.2. The monoisotopic (exact) mass is 537 g/mol. The molecule has 4 atom stereocenters. The highest BCUT2D eigenvalue weighted by molar-refractivity contribution is 5.78. The molecule has 1 amide bonds. The molecular weight excluding hydrogens is 486 g/mol. The third kappa shape index (κ3) is 8.99. The Kier molecular flexibility index (Phi) is 10.5. The van der Waals surface area contributed by atoms with Crippen molar-refractivity contribution in [2.75, 3.05) is 19.7 Å². The fourth-order valence-corrected chi connectivity index (χ4v) is 5.81. The molecule has 39 heavy (non-hydrogen) atoms. The van der Waals surface area contributed by atoms with Gasteiger partial charge in [-0.2, -0.15) is 0 Å². The van der Waals surface area contributed by atoms with E-state index < -0.39 is 0 Å². The number of phenolic OH excluding ortho intramolecular Hbond substituents is 1. The molecule has 0 aromatic heterocycles. The van der Waals surface area contributed by atoms with E-state index in [1.54, 1.807) is 12.1 Å².